The molecule has 1 amide bonds. The molecule has 0 saturated carbocycles. The van der Waals surface area contributed by atoms with Crippen LogP contribution in [0.5, 0.6) is 11.5 Å². The van der Waals surface area contributed by atoms with Gasteiger partial charge < -0.3 is 14.4 Å². The van der Waals surface area contributed by atoms with E-state index in [1.807, 2.05) is 18.2 Å². The molecular formula is C22H22FN3O3. The molecule has 0 unspecified atom stereocenters. The third-order valence-electron chi connectivity index (χ3n) is 4.79. The van der Waals surface area contributed by atoms with Crippen molar-refractivity contribution in [2.45, 2.75) is 13.0 Å². The Hall–Kier alpha value is -3.35. The minimum Gasteiger partial charge on any atom is -0.490 e. The molecule has 0 radical (unpaired) electrons. The number of ether oxygens (including phenoxy) is 2. The summed E-state index contributed by atoms with van der Waals surface area (Å²) in [5.41, 5.74) is 2.22. The SMILES string of the molecule is CN(Cc1ccccc1F)C(=O)c1cn(C)nc1-c1ccc2c(c1)OCCCO2. The lowest BCUT2D eigenvalue weighted by Crippen LogP contribution is -2.26. The van der Waals surface area contributed by atoms with Crippen LogP contribution in [0.3, 0.4) is 0 Å². The van der Waals surface area contributed by atoms with Crippen LogP contribution >= 0.6 is 0 Å². The summed E-state index contributed by atoms with van der Waals surface area (Å²) in [6.07, 6.45) is 2.50. The second-order valence-electron chi connectivity index (χ2n) is 7.03. The average molecular weight is 395 g/mol. The number of hydrogen-bond acceptors (Lipinski definition) is 4. The van der Waals surface area contributed by atoms with Crippen molar-refractivity contribution in [1.29, 1.82) is 0 Å². The maximum Gasteiger partial charge on any atom is 0.257 e. The second kappa shape index (κ2) is 7.95. The number of carbonyl (C=O) groups is 1. The fourth-order valence-corrected chi connectivity index (χ4v) is 3.33. The zero-order valence-electron chi connectivity index (χ0n) is 16.4. The van der Waals surface area contributed by atoms with Gasteiger partial charge in [0, 0.05) is 44.4 Å². The first-order valence-electron chi connectivity index (χ1n) is 9.45. The summed E-state index contributed by atoms with van der Waals surface area (Å²) in [5.74, 6) is 0.764. The first-order chi connectivity index (χ1) is 14.0. The van der Waals surface area contributed by atoms with Crippen LogP contribution in [0.25, 0.3) is 11.3 Å². The van der Waals surface area contributed by atoms with Crippen molar-refractivity contribution in [3.63, 3.8) is 0 Å². The van der Waals surface area contributed by atoms with Crippen LogP contribution in [-0.4, -0.2) is 40.8 Å². The van der Waals surface area contributed by atoms with Crippen LogP contribution < -0.4 is 9.47 Å². The molecule has 0 N–H and O–H groups in total. The van der Waals surface area contributed by atoms with Gasteiger partial charge in [-0.3, -0.25) is 9.48 Å². The Morgan fingerprint density at radius 3 is 2.72 bits per heavy atom. The fraction of sp³-hybridized carbons (Fsp3) is 0.273. The van der Waals surface area contributed by atoms with Crippen LogP contribution in [0.15, 0.2) is 48.7 Å². The van der Waals surface area contributed by atoms with Crippen LogP contribution in [0, 0.1) is 5.82 Å². The van der Waals surface area contributed by atoms with Gasteiger partial charge in [-0.25, -0.2) is 4.39 Å². The van der Waals surface area contributed by atoms with Gasteiger partial charge in [0.1, 0.15) is 11.5 Å². The van der Waals surface area contributed by atoms with Gasteiger partial charge in [-0.2, -0.15) is 5.10 Å². The minimum absolute atomic E-state index is 0.168. The summed E-state index contributed by atoms with van der Waals surface area (Å²) in [4.78, 5) is 14.6. The number of hydrogen-bond donors (Lipinski definition) is 0. The van der Waals surface area contributed by atoms with Crippen LogP contribution in [-0.2, 0) is 13.6 Å². The summed E-state index contributed by atoms with van der Waals surface area (Å²) in [7, 11) is 3.42. The molecule has 0 atom stereocenters. The normalized spacial score (nSPS) is 13.1. The van der Waals surface area contributed by atoms with Crippen molar-refractivity contribution in [1.82, 2.24) is 14.7 Å². The van der Waals surface area contributed by atoms with E-state index in [0.717, 1.165) is 12.0 Å². The van der Waals surface area contributed by atoms with Gasteiger partial charge in [-0.15, -0.1) is 0 Å². The number of fused-ring (bicyclic) bond motifs is 1. The Balaban J connectivity index is 1.64. The molecular weight excluding hydrogens is 373 g/mol. The number of nitrogens with zero attached hydrogens (tertiary/aromatic N) is 3. The Morgan fingerprint density at radius 2 is 1.93 bits per heavy atom. The number of benzene rings is 2. The van der Waals surface area contributed by atoms with Gasteiger partial charge in [-0.05, 0) is 24.3 Å². The fourth-order valence-electron chi connectivity index (χ4n) is 3.33. The molecule has 1 aliphatic heterocycles. The number of carbonyl (C=O) groups excluding carboxylic acids is 1. The number of halogens is 1. The lowest BCUT2D eigenvalue weighted by molar-refractivity contribution is 0.0784. The molecule has 0 fully saturated rings. The summed E-state index contributed by atoms with van der Waals surface area (Å²) < 4.78 is 27.0. The lowest BCUT2D eigenvalue weighted by Gasteiger charge is -2.17. The molecule has 29 heavy (non-hydrogen) atoms. The topological polar surface area (TPSA) is 56.6 Å². The van der Waals surface area contributed by atoms with E-state index in [0.29, 0.717) is 41.5 Å². The van der Waals surface area contributed by atoms with Crippen molar-refractivity contribution in [2.75, 3.05) is 20.3 Å². The van der Waals surface area contributed by atoms with Gasteiger partial charge in [-0.1, -0.05) is 18.2 Å². The zero-order chi connectivity index (χ0) is 20.4. The van der Waals surface area contributed by atoms with Gasteiger partial charge in [0.15, 0.2) is 11.5 Å². The smallest absolute Gasteiger partial charge is 0.257 e. The molecule has 3 aromatic rings. The van der Waals surface area contributed by atoms with Crippen LogP contribution in [0.1, 0.15) is 22.3 Å². The molecule has 4 rings (SSSR count). The summed E-state index contributed by atoms with van der Waals surface area (Å²) in [6, 6.07) is 12.0. The molecule has 6 nitrogen and oxygen atoms in total. The third kappa shape index (κ3) is 3.94. The van der Waals surface area contributed by atoms with Crippen molar-refractivity contribution in [3.05, 3.63) is 65.6 Å². The highest BCUT2D eigenvalue weighted by molar-refractivity contribution is 5.99. The number of aryl methyl sites for hydroxylation is 1. The average Bonchev–Trinajstić information content (AvgIpc) is 2.95. The van der Waals surface area contributed by atoms with E-state index >= 15 is 0 Å². The van der Waals surface area contributed by atoms with Crippen molar-refractivity contribution < 1.29 is 18.7 Å². The Kier molecular flexibility index (Phi) is 5.20. The van der Waals surface area contributed by atoms with Gasteiger partial charge in [0.2, 0.25) is 0 Å². The first-order valence-corrected chi connectivity index (χ1v) is 9.45. The van der Waals surface area contributed by atoms with Gasteiger partial charge in [0.25, 0.3) is 5.91 Å². The predicted octanol–water partition coefficient (Wildman–Crippen LogP) is 3.66. The molecule has 0 spiro atoms. The van der Waals surface area contributed by atoms with E-state index in [9.17, 15) is 9.18 Å². The van der Waals surface area contributed by atoms with Gasteiger partial charge >= 0.3 is 0 Å². The van der Waals surface area contributed by atoms with Crippen LogP contribution in [0.2, 0.25) is 0 Å². The quantitative estimate of drug-likeness (QED) is 0.677. The highest BCUT2D eigenvalue weighted by Crippen LogP contribution is 2.35. The van der Waals surface area contributed by atoms with Crippen molar-refractivity contribution in [2.24, 2.45) is 7.05 Å². The minimum atomic E-state index is -0.332. The molecule has 2 heterocycles. The first kappa shape index (κ1) is 19.0. The largest absolute Gasteiger partial charge is 0.490 e. The number of aromatic nitrogens is 2. The second-order valence-corrected chi connectivity index (χ2v) is 7.03. The van der Waals surface area contributed by atoms with Crippen LogP contribution in [0.4, 0.5) is 4.39 Å². The third-order valence-corrected chi connectivity index (χ3v) is 4.79. The van der Waals surface area contributed by atoms with E-state index in [4.69, 9.17) is 9.47 Å². The van der Waals surface area contributed by atoms with E-state index in [1.165, 1.54) is 11.0 Å². The molecule has 7 heteroatoms. The molecule has 150 valence electrons. The highest BCUT2D eigenvalue weighted by atomic mass is 19.1. The van der Waals surface area contributed by atoms with E-state index in [1.54, 1.807) is 43.2 Å². The molecule has 0 aliphatic carbocycles. The molecule has 2 aromatic carbocycles. The van der Waals surface area contributed by atoms with E-state index in [-0.39, 0.29) is 18.3 Å². The maximum absolute atomic E-state index is 14.0. The monoisotopic (exact) mass is 395 g/mol. The number of rotatable bonds is 4. The Morgan fingerprint density at radius 1 is 1.17 bits per heavy atom. The van der Waals surface area contributed by atoms with E-state index < -0.39 is 0 Å². The molecule has 1 aromatic heterocycles. The summed E-state index contributed by atoms with van der Waals surface area (Å²) >= 11 is 0. The Labute approximate surface area is 168 Å². The highest BCUT2D eigenvalue weighted by Gasteiger charge is 2.22. The predicted molar refractivity (Wildman–Crippen MR) is 106 cm³/mol. The zero-order valence-corrected chi connectivity index (χ0v) is 16.4. The Bertz CT molecular complexity index is 1050. The summed E-state index contributed by atoms with van der Waals surface area (Å²) in [6.45, 7) is 1.36. The van der Waals surface area contributed by atoms with Crippen molar-refractivity contribution >= 4 is 5.91 Å². The lowest BCUT2D eigenvalue weighted by atomic mass is 10.1. The van der Waals surface area contributed by atoms with Gasteiger partial charge in [0.05, 0.1) is 18.8 Å². The summed E-state index contributed by atoms with van der Waals surface area (Å²) in [5, 5.41) is 4.48. The number of amides is 1. The standard InChI is InChI=1S/C22H22FN3O3/c1-25(13-16-6-3-4-7-18(16)23)22(27)17-14-26(2)24-21(17)15-8-9-19-20(12-15)29-11-5-10-28-19/h3-4,6-9,12,14H,5,10-11,13H2,1-2H3. The molecule has 0 saturated heterocycles. The van der Waals surface area contributed by atoms with E-state index in [2.05, 4.69) is 5.10 Å². The maximum atomic E-state index is 14.0. The van der Waals surface area contributed by atoms with Crippen molar-refractivity contribution in [3.8, 4) is 22.8 Å². The molecule has 1 aliphatic rings. The molecule has 0 bridgehead atoms.